The Kier molecular flexibility index (Phi) is 4.58. The molecule has 1 heterocycles. The molecule has 0 spiro atoms. The molecular formula is C19H19ClN2O2. The van der Waals surface area contributed by atoms with E-state index in [1.54, 1.807) is 11.0 Å². The van der Waals surface area contributed by atoms with E-state index >= 15 is 0 Å². The van der Waals surface area contributed by atoms with Crippen molar-refractivity contribution in [2.24, 2.45) is 0 Å². The number of benzene rings is 2. The highest BCUT2D eigenvalue weighted by molar-refractivity contribution is 6.33. The van der Waals surface area contributed by atoms with E-state index in [1.165, 1.54) is 6.92 Å². The molecule has 1 aliphatic rings. The minimum absolute atomic E-state index is 0.132. The molecule has 2 amide bonds. The summed E-state index contributed by atoms with van der Waals surface area (Å²) in [6.07, 6.45) is 0.741. The second-order valence-corrected chi connectivity index (χ2v) is 6.39. The molecule has 124 valence electrons. The lowest BCUT2D eigenvalue weighted by atomic mass is 10.0. The summed E-state index contributed by atoms with van der Waals surface area (Å²) in [5.41, 5.74) is 3.66. The zero-order valence-electron chi connectivity index (χ0n) is 13.7. The number of anilines is 1. The van der Waals surface area contributed by atoms with E-state index in [2.05, 4.69) is 5.32 Å². The third-order valence-electron chi connectivity index (χ3n) is 4.25. The summed E-state index contributed by atoms with van der Waals surface area (Å²) in [6, 6.07) is 13.0. The van der Waals surface area contributed by atoms with Crippen LogP contribution in [0.15, 0.2) is 42.5 Å². The number of carbonyl (C=O) groups excluding carboxylic acids is 2. The third kappa shape index (κ3) is 3.02. The van der Waals surface area contributed by atoms with Crippen LogP contribution in [0.5, 0.6) is 0 Å². The molecule has 0 radical (unpaired) electrons. The maximum Gasteiger partial charge on any atom is 0.254 e. The Morgan fingerprint density at radius 3 is 2.58 bits per heavy atom. The van der Waals surface area contributed by atoms with Crippen LogP contribution in [0.3, 0.4) is 0 Å². The Morgan fingerprint density at radius 1 is 1.21 bits per heavy atom. The van der Waals surface area contributed by atoms with Crippen molar-refractivity contribution >= 4 is 29.1 Å². The molecule has 1 atom stereocenters. The maximum absolute atomic E-state index is 12.9. The van der Waals surface area contributed by atoms with Crippen molar-refractivity contribution < 1.29 is 9.59 Å². The molecule has 0 aromatic heterocycles. The van der Waals surface area contributed by atoms with Crippen LogP contribution in [-0.2, 0) is 16.0 Å². The number of nitrogens with zero attached hydrogens (tertiary/aromatic N) is 1. The first-order valence-corrected chi connectivity index (χ1v) is 8.28. The Bertz CT molecular complexity index is 789. The summed E-state index contributed by atoms with van der Waals surface area (Å²) in [5.74, 6) is -0.380. The highest BCUT2D eigenvalue weighted by Crippen LogP contribution is 2.42. The van der Waals surface area contributed by atoms with E-state index in [1.807, 2.05) is 43.3 Å². The highest BCUT2D eigenvalue weighted by atomic mass is 35.5. The van der Waals surface area contributed by atoms with Gasteiger partial charge in [0.15, 0.2) is 0 Å². The monoisotopic (exact) mass is 342 g/mol. The van der Waals surface area contributed by atoms with Gasteiger partial charge in [0.05, 0.1) is 5.69 Å². The van der Waals surface area contributed by atoms with Crippen molar-refractivity contribution in [1.29, 1.82) is 0 Å². The number of carbonyl (C=O) groups is 2. The molecule has 4 nitrogen and oxygen atoms in total. The van der Waals surface area contributed by atoms with Crippen LogP contribution in [0.2, 0.25) is 5.02 Å². The van der Waals surface area contributed by atoms with E-state index < -0.39 is 6.04 Å². The quantitative estimate of drug-likeness (QED) is 0.925. The van der Waals surface area contributed by atoms with Crippen LogP contribution in [0.25, 0.3) is 0 Å². The maximum atomic E-state index is 12.9. The van der Waals surface area contributed by atoms with Crippen LogP contribution in [0, 0.1) is 6.92 Å². The summed E-state index contributed by atoms with van der Waals surface area (Å²) in [4.78, 5) is 26.1. The number of amides is 2. The van der Waals surface area contributed by atoms with Gasteiger partial charge in [-0.25, -0.2) is 0 Å². The van der Waals surface area contributed by atoms with Gasteiger partial charge in [0.2, 0.25) is 5.91 Å². The number of hydrogen-bond donors (Lipinski definition) is 1. The fraction of sp³-hybridized carbons (Fsp3) is 0.263. The van der Waals surface area contributed by atoms with E-state index in [9.17, 15) is 9.59 Å². The van der Waals surface area contributed by atoms with Crippen LogP contribution in [-0.4, -0.2) is 18.4 Å². The standard InChI is InChI=1S/C19H19ClN2O2/c1-12-8-9-15(20)16-17(21-13(2)23)19(24)22(18(12)16)11-10-14-6-4-3-5-7-14/h3-9,17H,10-11H2,1-2H3,(H,21,23)/t17-/m0/s1. The minimum atomic E-state index is -0.708. The Balaban J connectivity index is 1.94. The lowest BCUT2D eigenvalue weighted by molar-refractivity contribution is -0.126. The zero-order valence-corrected chi connectivity index (χ0v) is 14.4. The number of aryl methyl sites for hydroxylation is 1. The first-order chi connectivity index (χ1) is 11.5. The van der Waals surface area contributed by atoms with Gasteiger partial charge in [-0.1, -0.05) is 48.0 Å². The predicted octanol–water partition coefficient (Wildman–Crippen LogP) is 3.41. The number of rotatable bonds is 4. The number of nitrogens with one attached hydrogen (secondary N) is 1. The molecule has 0 fully saturated rings. The Labute approximate surface area is 146 Å². The SMILES string of the molecule is CC(=O)N[C@@H]1C(=O)N(CCc2ccccc2)c2c(C)ccc(Cl)c21. The lowest BCUT2D eigenvalue weighted by Gasteiger charge is -2.19. The van der Waals surface area contributed by atoms with Crippen LogP contribution in [0.1, 0.15) is 29.7 Å². The molecule has 1 aliphatic heterocycles. The molecule has 0 saturated heterocycles. The van der Waals surface area contributed by atoms with Crippen molar-refractivity contribution in [2.75, 3.05) is 11.4 Å². The topological polar surface area (TPSA) is 49.4 Å². The number of fused-ring (bicyclic) bond motifs is 1. The van der Waals surface area contributed by atoms with Gasteiger partial charge in [-0.2, -0.15) is 0 Å². The molecule has 0 unspecified atom stereocenters. The second-order valence-electron chi connectivity index (χ2n) is 5.99. The van der Waals surface area contributed by atoms with Gasteiger partial charge in [-0.05, 0) is 30.5 Å². The normalized spacial score (nSPS) is 16.2. The van der Waals surface area contributed by atoms with Crippen molar-refractivity contribution in [3.05, 3.63) is 64.2 Å². The first-order valence-electron chi connectivity index (χ1n) is 7.90. The summed E-state index contributed by atoms with van der Waals surface area (Å²) < 4.78 is 0. The molecule has 2 aromatic carbocycles. The smallest absolute Gasteiger partial charge is 0.254 e. The summed E-state index contributed by atoms with van der Waals surface area (Å²) >= 11 is 6.34. The molecule has 1 N–H and O–H groups in total. The van der Waals surface area contributed by atoms with Crippen molar-refractivity contribution in [3.63, 3.8) is 0 Å². The molecule has 5 heteroatoms. The Hall–Kier alpha value is -2.33. The van der Waals surface area contributed by atoms with Gasteiger partial charge < -0.3 is 10.2 Å². The predicted molar refractivity (Wildman–Crippen MR) is 95.2 cm³/mol. The van der Waals surface area contributed by atoms with Crippen LogP contribution >= 0.6 is 11.6 Å². The van der Waals surface area contributed by atoms with Gasteiger partial charge in [0.25, 0.3) is 5.91 Å². The molecular weight excluding hydrogens is 324 g/mol. The van der Waals surface area contributed by atoms with Gasteiger partial charge >= 0.3 is 0 Å². The van der Waals surface area contributed by atoms with E-state index in [4.69, 9.17) is 11.6 Å². The zero-order chi connectivity index (χ0) is 17.3. The first kappa shape index (κ1) is 16.5. The summed E-state index contributed by atoms with van der Waals surface area (Å²) in [6.45, 7) is 3.91. The van der Waals surface area contributed by atoms with Crippen molar-refractivity contribution in [2.45, 2.75) is 26.3 Å². The molecule has 0 bridgehead atoms. The van der Waals surface area contributed by atoms with Crippen LogP contribution < -0.4 is 10.2 Å². The average molecular weight is 343 g/mol. The van der Waals surface area contributed by atoms with Crippen LogP contribution in [0.4, 0.5) is 5.69 Å². The molecule has 0 saturated carbocycles. The van der Waals surface area contributed by atoms with Gasteiger partial charge in [0, 0.05) is 24.1 Å². The van der Waals surface area contributed by atoms with E-state index in [-0.39, 0.29) is 11.8 Å². The fourth-order valence-electron chi connectivity index (χ4n) is 3.16. The van der Waals surface area contributed by atoms with Crippen molar-refractivity contribution in [1.82, 2.24) is 5.32 Å². The highest BCUT2D eigenvalue weighted by Gasteiger charge is 2.40. The Morgan fingerprint density at radius 2 is 1.92 bits per heavy atom. The lowest BCUT2D eigenvalue weighted by Crippen LogP contribution is -2.37. The second kappa shape index (κ2) is 6.65. The van der Waals surface area contributed by atoms with Gasteiger partial charge in [-0.3, -0.25) is 9.59 Å². The van der Waals surface area contributed by atoms with Gasteiger partial charge in [-0.15, -0.1) is 0 Å². The van der Waals surface area contributed by atoms with E-state index in [0.29, 0.717) is 17.1 Å². The third-order valence-corrected chi connectivity index (χ3v) is 4.58. The molecule has 2 aromatic rings. The number of halogens is 1. The molecule has 24 heavy (non-hydrogen) atoms. The van der Waals surface area contributed by atoms with Crippen molar-refractivity contribution in [3.8, 4) is 0 Å². The molecule has 3 rings (SSSR count). The van der Waals surface area contributed by atoms with E-state index in [0.717, 1.165) is 23.2 Å². The van der Waals surface area contributed by atoms with Gasteiger partial charge in [0.1, 0.15) is 6.04 Å². The average Bonchev–Trinajstić information content (AvgIpc) is 2.83. The minimum Gasteiger partial charge on any atom is -0.341 e. The molecule has 0 aliphatic carbocycles. The largest absolute Gasteiger partial charge is 0.341 e. The fourth-order valence-corrected chi connectivity index (χ4v) is 3.42. The summed E-state index contributed by atoms with van der Waals surface area (Å²) in [7, 11) is 0. The summed E-state index contributed by atoms with van der Waals surface area (Å²) in [5, 5.41) is 3.23. The number of hydrogen-bond acceptors (Lipinski definition) is 2.